The van der Waals surface area contributed by atoms with Crippen molar-refractivity contribution in [1.29, 1.82) is 0 Å². The highest BCUT2D eigenvalue weighted by Gasteiger charge is 2.27. The van der Waals surface area contributed by atoms with Crippen LogP contribution in [0.4, 0.5) is 28.0 Å². The second-order valence-corrected chi connectivity index (χ2v) is 5.47. The van der Waals surface area contributed by atoms with Gasteiger partial charge in [-0.3, -0.25) is 5.32 Å². The molecule has 0 unspecified atom stereocenters. The number of rotatable bonds is 5. The van der Waals surface area contributed by atoms with Crippen LogP contribution in [0.25, 0.3) is 0 Å². The maximum absolute atomic E-state index is 14.1. The number of amides is 1. The molecular formula is C16H11F4NO2S. The van der Waals surface area contributed by atoms with E-state index >= 15 is 0 Å². The summed E-state index contributed by atoms with van der Waals surface area (Å²) in [5.41, 5.74) is -1.25. The van der Waals surface area contributed by atoms with Crippen LogP contribution in [0, 0.1) is 23.3 Å². The van der Waals surface area contributed by atoms with Gasteiger partial charge in [-0.1, -0.05) is 42.6 Å². The monoisotopic (exact) mass is 357 g/mol. The molecule has 2 rings (SSSR count). The van der Waals surface area contributed by atoms with Crippen molar-refractivity contribution in [2.45, 2.75) is 9.79 Å². The highest BCUT2D eigenvalue weighted by atomic mass is 32.2. The van der Waals surface area contributed by atoms with Gasteiger partial charge in [0.15, 0.2) is 23.3 Å². The largest absolute Gasteiger partial charge is 0.445 e. The number of halogens is 4. The van der Waals surface area contributed by atoms with Crippen molar-refractivity contribution in [3.63, 3.8) is 0 Å². The highest BCUT2D eigenvalue weighted by molar-refractivity contribution is 7.99. The lowest BCUT2D eigenvalue weighted by Gasteiger charge is -2.12. The lowest BCUT2D eigenvalue weighted by molar-refractivity contribution is 0.174. The fourth-order valence-electron chi connectivity index (χ4n) is 1.69. The van der Waals surface area contributed by atoms with E-state index in [2.05, 4.69) is 11.3 Å². The number of anilines is 1. The fourth-order valence-corrected chi connectivity index (χ4v) is 2.58. The Bertz CT molecular complexity index is 739. The molecule has 0 aliphatic rings. The van der Waals surface area contributed by atoms with Gasteiger partial charge in [-0.25, -0.2) is 22.4 Å². The van der Waals surface area contributed by atoms with E-state index in [-0.39, 0.29) is 6.61 Å². The van der Waals surface area contributed by atoms with Crippen LogP contribution in [0.15, 0.2) is 52.8 Å². The first-order valence-corrected chi connectivity index (χ1v) is 7.40. The number of carbonyl (C=O) groups is 1. The molecule has 0 fully saturated rings. The average molecular weight is 357 g/mol. The predicted molar refractivity (Wildman–Crippen MR) is 82.0 cm³/mol. The molecule has 0 aliphatic carbocycles. The Labute approximate surface area is 139 Å². The van der Waals surface area contributed by atoms with Gasteiger partial charge < -0.3 is 4.74 Å². The number of carbonyl (C=O) groups excluding carboxylic acids is 1. The molecule has 3 nitrogen and oxygen atoms in total. The van der Waals surface area contributed by atoms with E-state index in [1.807, 2.05) is 0 Å². The molecule has 0 atom stereocenters. The maximum Gasteiger partial charge on any atom is 0.412 e. The van der Waals surface area contributed by atoms with Crippen molar-refractivity contribution in [3.05, 3.63) is 66.3 Å². The summed E-state index contributed by atoms with van der Waals surface area (Å²) in [6.45, 7) is 3.04. The molecule has 0 aromatic heterocycles. The molecule has 8 heteroatoms. The van der Waals surface area contributed by atoms with Crippen molar-refractivity contribution in [1.82, 2.24) is 0 Å². The van der Waals surface area contributed by atoms with Crippen molar-refractivity contribution in [2.75, 3.05) is 11.9 Å². The van der Waals surface area contributed by atoms with Gasteiger partial charge in [0.25, 0.3) is 0 Å². The molecule has 0 radical (unpaired) electrons. The normalized spacial score (nSPS) is 10.3. The summed E-state index contributed by atoms with van der Waals surface area (Å²) in [6.07, 6.45) is -0.0532. The Morgan fingerprint density at radius 1 is 1.08 bits per heavy atom. The summed E-state index contributed by atoms with van der Waals surface area (Å²) in [6, 6.07) is 7.95. The van der Waals surface area contributed by atoms with Crippen LogP contribution in [0.3, 0.4) is 0 Å². The molecule has 0 aliphatic heterocycles. The summed E-state index contributed by atoms with van der Waals surface area (Å²) >= 11 is 0.523. The Kier molecular flexibility index (Phi) is 5.86. The van der Waals surface area contributed by atoms with E-state index in [9.17, 15) is 22.4 Å². The minimum absolute atomic E-state index is 0.234. The predicted octanol–water partition coefficient (Wildman–Crippen LogP) is 5.13. The molecule has 126 valence electrons. The van der Waals surface area contributed by atoms with Gasteiger partial charge in [0.05, 0.1) is 4.90 Å². The first-order valence-electron chi connectivity index (χ1n) is 6.59. The topological polar surface area (TPSA) is 38.3 Å². The Morgan fingerprint density at radius 3 is 2.21 bits per heavy atom. The van der Waals surface area contributed by atoms with E-state index in [1.54, 1.807) is 23.5 Å². The minimum Gasteiger partial charge on any atom is -0.445 e. The van der Waals surface area contributed by atoms with Crippen LogP contribution in [-0.2, 0) is 4.74 Å². The van der Waals surface area contributed by atoms with E-state index < -0.39 is 39.9 Å². The van der Waals surface area contributed by atoms with Crippen LogP contribution in [0.1, 0.15) is 0 Å². The number of hydrogen-bond donors (Lipinski definition) is 1. The van der Waals surface area contributed by atoms with Gasteiger partial charge in [-0.2, -0.15) is 0 Å². The third kappa shape index (κ3) is 3.88. The second-order valence-electron chi connectivity index (χ2n) is 4.39. The molecule has 0 saturated carbocycles. The zero-order chi connectivity index (χ0) is 17.7. The molecule has 1 amide bonds. The molecular weight excluding hydrogens is 346 g/mol. The maximum atomic E-state index is 14.1. The number of ether oxygens (including phenoxy) is 1. The van der Waals surface area contributed by atoms with Crippen LogP contribution >= 0.6 is 11.8 Å². The van der Waals surface area contributed by atoms with Gasteiger partial charge >= 0.3 is 6.09 Å². The second kappa shape index (κ2) is 7.87. The summed E-state index contributed by atoms with van der Waals surface area (Å²) < 4.78 is 60.6. The summed E-state index contributed by atoms with van der Waals surface area (Å²) in [4.78, 5) is 10.9. The van der Waals surface area contributed by atoms with E-state index in [0.717, 1.165) is 0 Å². The average Bonchev–Trinajstić information content (AvgIpc) is 2.60. The smallest absolute Gasteiger partial charge is 0.412 e. The fraction of sp³-hybridized carbons (Fsp3) is 0.0625. The standard InChI is InChI=1S/C16H11F4NO2S/c1-2-8-23-16(22)21-14-10(17)12(19)15(13(20)11(14)18)24-9-6-4-3-5-7-9/h2-7H,1,8H2,(H,21,22). The van der Waals surface area contributed by atoms with Crippen molar-refractivity contribution >= 4 is 23.5 Å². The summed E-state index contributed by atoms with van der Waals surface area (Å²) in [5.74, 6) is -6.66. The Balaban J connectivity index is 2.36. The molecule has 0 bridgehead atoms. The van der Waals surface area contributed by atoms with Crippen LogP contribution < -0.4 is 5.32 Å². The SMILES string of the molecule is C=CCOC(=O)Nc1c(F)c(F)c(Sc2ccccc2)c(F)c1F. The van der Waals surface area contributed by atoms with E-state index in [4.69, 9.17) is 0 Å². The van der Waals surface area contributed by atoms with Gasteiger partial charge in [0.2, 0.25) is 0 Å². The first-order chi connectivity index (χ1) is 11.5. The third-order valence-corrected chi connectivity index (χ3v) is 3.82. The summed E-state index contributed by atoms with van der Waals surface area (Å²) in [7, 11) is 0. The summed E-state index contributed by atoms with van der Waals surface area (Å²) in [5, 5.41) is 1.64. The van der Waals surface area contributed by atoms with E-state index in [0.29, 0.717) is 16.7 Å². The molecule has 2 aromatic carbocycles. The number of hydrogen-bond acceptors (Lipinski definition) is 3. The zero-order valence-electron chi connectivity index (χ0n) is 12.1. The quantitative estimate of drug-likeness (QED) is 0.458. The van der Waals surface area contributed by atoms with Crippen molar-refractivity contribution in [2.24, 2.45) is 0 Å². The van der Waals surface area contributed by atoms with E-state index in [1.165, 1.54) is 18.2 Å². The van der Waals surface area contributed by atoms with Crippen molar-refractivity contribution < 1.29 is 27.1 Å². The van der Waals surface area contributed by atoms with Gasteiger partial charge in [-0.15, -0.1) is 0 Å². The molecule has 0 saturated heterocycles. The Hall–Kier alpha value is -2.48. The van der Waals surface area contributed by atoms with Crippen LogP contribution in [0.5, 0.6) is 0 Å². The highest BCUT2D eigenvalue weighted by Crippen LogP contribution is 2.37. The minimum atomic E-state index is -1.72. The van der Waals surface area contributed by atoms with Gasteiger partial charge in [-0.05, 0) is 12.1 Å². The molecule has 1 N–H and O–H groups in total. The molecule has 24 heavy (non-hydrogen) atoms. The third-order valence-electron chi connectivity index (χ3n) is 2.75. The molecule has 2 aromatic rings. The molecule has 0 heterocycles. The van der Waals surface area contributed by atoms with Crippen LogP contribution in [0.2, 0.25) is 0 Å². The lowest BCUT2D eigenvalue weighted by atomic mass is 10.2. The lowest BCUT2D eigenvalue weighted by Crippen LogP contribution is -2.17. The Morgan fingerprint density at radius 2 is 1.67 bits per heavy atom. The first kappa shape index (κ1) is 17.9. The van der Waals surface area contributed by atoms with Gasteiger partial charge in [0.1, 0.15) is 12.3 Å². The zero-order valence-corrected chi connectivity index (χ0v) is 12.9. The number of nitrogens with one attached hydrogen (secondary N) is 1. The van der Waals surface area contributed by atoms with Crippen LogP contribution in [-0.4, -0.2) is 12.7 Å². The molecule has 0 spiro atoms. The number of benzene rings is 2. The van der Waals surface area contributed by atoms with Crippen molar-refractivity contribution in [3.8, 4) is 0 Å². The van der Waals surface area contributed by atoms with Gasteiger partial charge in [0, 0.05) is 4.90 Å².